The lowest BCUT2D eigenvalue weighted by Crippen LogP contribution is -2.45. The Morgan fingerprint density at radius 2 is 1.89 bits per heavy atom. The van der Waals surface area contributed by atoms with Crippen LogP contribution in [0.5, 0.6) is 0 Å². The molecule has 1 aliphatic rings. The molecule has 18 heavy (non-hydrogen) atoms. The lowest BCUT2D eigenvalue weighted by Gasteiger charge is -2.32. The van der Waals surface area contributed by atoms with Gasteiger partial charge in [-0.1, -0.05) is 23.2 Å². The molecule has 0 unspecified atom stereocenters. The van der Waals surface area contributed by atoms with E-state index in [-0.39, 0.29) is 0 Å². The van der Waals surface area contributed by atoms with Crippen LogP contribution in [0.3, 0.4) is 0 Å². The first-order valence-electron chi connectivity index (χ1n) is 6.25. The number of likely N-dealkylation sites (N-methyl/N-ethyl adjacent to an activating group) is 1. The van der Waals surface area contributed by atoms with Gasteiger partial charge in [0.05, 0.1) is 10.7 Å². The zero-order valence-electron chi connectivity index (χ0n) is 10.6. The van der Waals surface area contributed by atoms with Gasteiger partial charge in [-0.05, 0) is 25.2 Å². The van der Waals surface area contributed by atoms with Crippen LogP contribution in [-0.2, 0) is 0 Å². The molecule has 0 aromatic heterocycles. The molecule has 0 saturated carbocycles. The molecule has 3 nitrogen and oxygen atoms in total. The van der Waals surface area contributed by atoms with E-state index >= 15 is 0 Å². The Bertz CT molecular complexity index is 390. The molecule has 0 spiro atoms. The first-order valence-corrected chi connectivity index (χ1v) is 7.00. The summed E-state index contributed by atoms with van der Waals surface area (Å²) in [6.07, 6.45) is 0. The molecule has 5 heteroatoms. The Hall–Kier alpha value is -0.480. The van der Waals surface area contributed by atoms with E-state index in [0.29, 0.717) is 5.02 Å². The van der Waals surface area contributed by atoms with Crippen LogP contribution in [0.4, 0.5) is 5.69 Å². The minimum absolute atomic E-state index is 0.710. The summed E-state index contributed by atoms with van der Waals surface area (Å²) < 4.78 is 0. The minimum Gasteiger partial charge on any atom is -0.383 e. The zero-order valence-corrected chi connectivity index (χ0v) is 12.1. The summed E-state index contributed by atoms with van der Waals surface area (Å²) in [6.45, 7) is 6.51. The Labute approximate surface area is 119 Å². The van der Waals surface area contributed by atoms with Gasteiger partial charge in [-0.2, -0.15) is 0 Å². The van der Waals surface area contributed by atoms with Crippen molar-refractivity contribution in [3.63, 3.8) is 0 Å². The number of nitrogens with one attached hydrogen (secondary N) is 1. The zero-order chi connectivity index (χ0) is 13.0. The molecule has 1 aliphatic heterocycles. The minimum atomic E-state index is 0.710. The van der Waals surface area contributed by atoms with E-state index in [1.54, 1.807) is 6.07 Å². The van der Waals surface area contributed by atoms with Gasteiger partial charge in [0.1, 0.15) is 0 Å². The average molecular weight is 288 g/mol. The summed E-state index contributed by atoms with van der Waals surface area (Å²) in [7, 11) is 2.17. The monoisotopic (exact) mass is 287 g/mol. The highest BCUT2D eigenvalue weighted by molar-refractivity contribution is 6.35. The Morgan fingerprint density at radius 3 is 2.61 bits per heavy atom. The standard InChI is InChI=1S/C13H19Cl2N3/c1-17-6-8-18(9-7-17)5-4-16-13-10-11(14)2-3-12(13)15/h2-3,10,16H,4-9H2,1H3. The highest BCUT2D eigenvalue weighted by Gasteiger charge is 2.12. The second-order valence-corrected chi connectivity index (χ2v) is 5.54. The maximum absolute atomic E-state index is 6.10. The van der Waals surface area contributed by atoms with Gasteiger partial charge in [-0.25, -0.2) is 0 Å². The van der Waals surface area contributed by atoms with Crippen molar-refractivity contribution in [2.75, 3.05) is 51.6 Å². The highest BCUT2D eigenvalue weighted by Crippen LogP contribution is 2.25. The van der Waals surface area contributed by atoms with Crippen molar-refractivity contribution < 1.29 is 0 Å². The summed E-state index contributed by atoms with van der Waals surface area (Å²) in [5.74, 6) is 0. The van der Waals surface area contributed by atoms with E-state index in [4.69, 9.17) is 23.2 Å². The predicted molar refractivity (Wildman–Crippen MR) is 78.9 cm³/mol. The van der Waals surface area contributed by atoms with E-state index in [2.05, 4.69) is 22.2 Å². The normalized spacial score (nSPS) is 17.9. The fourth-order valence-electron chi connectivity index (χ4n) is 2.05. The number of hydrogen-bond donors (Lipinski definition) is 1. The van der Waals surface area contributed by atoms with Gasteiger partial charge in [0, 0.05) is 44.3 Å². The summed E-state index contributed by atoms with van der Waals surface area (Å²) in [5, 5.41) is 4.77. The summed E-state index contributed by atoms with van der Waals surface area (Å²) in [5.41, 5.74) is 0.915. The van der Waals surface area contributed by atoms with Crippen molar-refractivity contribution in [3.05, 3.63) is 28.2 Å². The second-order valence-electron chi connectivity index (χ2n) is 4.70. The molecule has 100 valence electrons. The van der Waals surface area contributed by atoms with Crippen LogP contribution in [0.1, 0.15) is 0 Å². The maximum Gasteiger partial charge on any atom is 0.0638 e. The van der Waals surface area contributed by atoms with Gasteiger partial charge >= 0.3 is 0 Å². The van der Waals surface area contributed by atoms with Crippen molar-refractivity contribution in [2.24, 2.45) is 0 Å². The van der Waals surface area contributed by atoms with Crippen LogP contribution in [-0.4, -0.2) is 56.1 Å². The molecule has 1 fully saturated rings. The molecule has 0 aliphatic carbocycles. The van der Waals surface area contributed by atoms with E-state index in [1.807, 2.05) is 12.1 Å². The second kappa shape index (κ2) is 6.62. The molecular formula is C13H19Cl2N3. The molecule has 1 N–H and O–H groups in total. The van der Waals surface area contributed by atoms with Gasteiger partial charge in [0.2, 0.25) is 0 Å². The van der Waals surface area contributed by atoms with Crippen LogP contribution in [0.15, 0.2) is 18.2 Å². The predicted octanol–water partition coefficient (Wildman–Crippen LogP) is 2.65. The molecule has 1 aromatic rings. The van der Waals surface area contributed by atoms with Crippen LogP contribution in [0.25, 0.3) is 0 Å². The quantitative estimate of drug-likeness (QED) is 0.919. The van der Waals surface area contributed by atoms with Crippen molar-refractivity contribution in [1.82, 2.24) is 9.80 Å². The van der Waals surface area contributed by atoms with E-state index < -0.39 is 0 Å². The number of hydrogen-bond acceptors (Lipinski definition) is 3. The Kier molecular flexibility index (Phi) is 5.13. The third-order valence-corrected chi connectivity index (χ3v) is 3.83. The number of benzene rings is 1. The van der Waals surface area contributed by atoms with Crippen molar-refractivity contribution in [3.8, 4) is 0 Å². The smallest absolute Gasteiger partial charge is 0.0638 e. The third-order valence-electron chi connectivity index (χ3n) is 3.27. The van der Waals surface area contributed by atoms with Gasteiger partial charge in [0.25, 0.3) is 0 Å². The van der Waals surface area contributed by atoms with Gasteiger partial charge in [-0.3, -0.25) is 4.90 Å². The number of nitrogens with zero attached hydrogens (tertiary/aromatic N) is 2. The molecule has 1 saturated heterocycles. The van der Waals surface area contributed by atoms with Gasteiger partial charge in [0.15, 0.2) is 0 Å². The molecular weight excluding hydrogens is 269 g/mol. The molecule has 2 rings (SSSR count). The number of piperazine rings is 1. The first kappa shape index (κ1) is 13.9. The molecule has 0 amide bonds. The molecule has 0 atom stereocenters. The Balaban J connectivity index is 1.76. The Morgan fingerprint density at radius 1 is 1.17 bits per heavy atom. The number of halogens is 2. The highest BCUT2D eigenvalue weighted by atomic mass is 35.5. The van der Waals surface area contributed by atoms with E-state index in [9.17, 15) is 0 Å². The molecule has 1 heterocycles. The van der Waals surface area contributed by atoms with Crippen molar-refractivity contribution in [1.29, 1.82) is 0 Å². The SMILES string of the molecule is CN1CCN(CCNc2cc(Cl)ccc2Cl)CC1. The number of anilines is 1. The largest absolute Gasteiger partial charge is 0.383 e. The van der Waals surface area contributed by atoms with E-state index in [1.165, 1.54) is 0 Å². The van der Waals surface area contributed by atoms with Gasteiger partial charge < -0.3 is 10.2 Å². The maximum atomic E-state index is 6.10. The van der Waals surface area contributed by atoms with Crippen molar-refractivity contribution in [2.45, 2.75) is 0 Å². The van der Waals surface area contributed by atoms with Gasteiger partial charge in [-0.15, -0.1) is 0 Å². The fraction of sp³-hybridized carbons (Fsp3) is 0.538. The summed E-state index contributed by atoms with van der Waals surface area (Å²) in [6, 6.07) is 5.49. The average Bonchev–Trinajstić information content (AvgIpc) is 2.36. The van der Waals surface area contributed by atoms with Crippen molar-refractivity contribution >= 4 is 28.9 Å². The summed E-state index contributed by atoms with van der Waals surface area (Å²) in [4.78, 5) is 4.82. The summed E-state index contributed by atoms with van der Waals surface area (Å²) >= 11 is 12.0. The first-order chi connectivity index (χ1) is 8.65. The van der Waals surface area contributed by atoms with Crippen LogP contribution >= 0.6 is 23.2 Å². The van der Waals surface area contributed by atoms with E-state index in [0.717, 1.165) is 50.0 Å². The molecule has 1 aromatic carbocycles. The van der Waals surface area contributed by atoms with Crippen LogP contribution < -0.4 is 5.32 Å². The lowest BCUT2D eigenvalue weighted by atomic mass is 10.3. The fourth-order valence-corrected chi connectivity index (χ4v) is 2.41. The number of rotatable bonds is 4. The molecule has 0 radical (unpaired) electrons. The molecule has 0 bridgehead atoms. The van der Waals surface area contributed by atoms with Crippen LogP contribution in [0.2, 0.25) is 10.0 Å². The lowest BCUT2D eigenvalue weighted by molar-refractivity contribution is 0.158. The van der Waals surface area contributed by atoms with Crippen LogP contribution in [0, 0.1) is 0 Å². The topological polar surface area (TPSA) is 18.5 Å². The third kappa shape index (κ3) is 4.02.